The van der Waals surface area contributed by atoms with Crippen molar-refractivity contribution in [1.82, 2.24) is 9.36 Å². The van der Waals surface area contributed by atoms with Crippen LogP contribution in [0.25, 0.3) is 0 Å². The summed E-state index contributed by atoms with van der Waals surface area (Å²) in [5.74, 6) is 0.994. The van der Waals surface area contributed by atoms with E-state index < -0.39 is 0 Å². The zero-order valence-electron chi connectivity index (χ0n) is 11.0. The first-order chi connectivity index (χ1) is 8.22. The van der Waals surface area contributed by atoms with Gasteiger partial charge in [-0.05, 0) is 24.7 Å². The fourth-order valence-electron chi connectivity index (χ4n) is 2.52. The Bertz CT molecular complexity index is 342. The lowest BCUT2D eigenvalue weighted by Crippen LogP contribution is -2.28. The van der Waals surface area contributed by atoms with Crippen molar-refractivity contribution in [2.75, 3.05) is 11.9 Å². The van der Waals surface area contributed by atoms with Crippen LogP contribution < -0.4 is 5.32 Å². The Morgan fingerprint density at radius 2 is 2.06 bits per heavy atom. The normalized spacial score (nSPS) is 19.2. The number of nitrogens with one attached hydrogen (secondary N) is 1. The monoisotopic (exact) mass is 253 g/mol. The highest BCUT2D eigenvalue weighted by Crippen LogP contribution is 2.35. The Hall–Kier alpha value is -0.640. The number of aromatic nitrogens is 2. The molecule has 3 nitrogen and oxygen atoms in total. The number of nitrogens with zero attached hydrogens (tertiary/aromatic N) is 2. The van der Waals surface area contributed by atoms with Gasteiger partial charge < -0.3 is 5.32 Å². The van der Waals surface area contributed by atoms with E-state index in [-0.39, 0.29) is 0 Å². The molecular weight excluding hydrogens is 230 g/mol. The van der Waals surface area contributed by atoms with Crippen molar-refractivity contribution in [3.05, 3.63) is 5.82 Å². The molecule has 0 unspecified atom stereocenters. The van der Waals surface area contributed by atoms with Crippen LogP contribution in [0.3, 0.4) is 0 Å². The molecule has 0 bridgehead atoms. The van der Waals surface area contributed by atoms with E-state index in [1.807, 2.05) is 0 Å². The molecule has 1 aromatic rings. The van der Waals surface area contributed by atoms with Crippen molar-refractivity contribution < 1.29 is 0 Å². The molecule has 4 heteroatoms. The van der Waals surface area contributed by atoms with Gasteiger partial charge in [-0.3, -0.25) is 0 Å². The van der Waals surface area contributed by atoms with Gasteiger partial charge in [-0.2, -0.15) is 4.37 Å². The molecule has 0 atom stereocenters. The summed E-state index contributed by atoms with van der Waals surface area (Å²) in [5.41, 5.74) is 0.467. The highest BCUT2D eigenvalue weighted by atomic mass is 32.1. The third-order valence-electron chi connectivity index (χ3n) is 3.67. The molecule has 1 heterocycles. The third kappa shape index (κ3) is 3.66. The van der Waals surface area contributed by atoms with E-state index in [1.54, 1.807) is 0 Å². The van der Waals surface area contributed by atoms with Gasteiger partial charge in [-0.25, -0.2) is 4.98 Å². The van der Waals surface area contributed by atoms with Gasteiger partial charge in [0.15, 0.2) is 0 Å². The molecule has 0 amide bonds. The van der Waals surface area contributed by atoms with E-state index in [2.05, 4.69) is 28.5 Å². The molecule has 96 valence electrons. The third-order valence-corrected chi connectivity index (χ3v) is 4.38. The second kappa shape index (κ2) is 5.80. The van der Waals surface area contributed by atoms with Crippen LogP contribution in [0, 0.1) is 5.41 Å². The van der Waals surface area contributed by atoms with Gasteiger partial charge in [0, 0.05) is 24.5 Å². The summed E-state index contributed by atoms with van der Waals surface area (Å²) < 4.78 is 4.36. The fourth-order valence-corrected chi connectivity index (χ4v) is 3.13. The average Bonchev–Trinajstić information content (AvgIpc) is 2.76. The summed E-state index contributed by atoms with van der Waals surface area (Å²) in [5, 5.41) is 4.48. The summed E-state index contributed by atoms with van der Waals surface area (Å²) in [6, 6.07) is 0. The first-order valence-electron chi connectivity index (χ1n) is 6.78. The van der Waals surface area contributed by atoms with Crippen molar-refractivity contribution in [2.24, 2.45) is 5.41 Å². The minimum absolute atomic E-state index is 0.467. The maximum atomic E-state index is 4.51. The Labute approximate surface area is 108 Å². The number of anilines is 1. The average molecular weight is 253 g/mol. The van der Waals surface area contributed by atoms with Crippen LogP contribution in [-0.4, -0.2) is 15.9 Å². The van der Waals surface area contributed by atoms with Gasteiger partial charge in [0.1, 0.15) is 5.82 Å². The largest absolute Gasteiger partial charge is 0.360 e. The Morgan fingerprint density at radius 3 is 2.76 bits per heavy atom. The van der Waals surface area contributed by atoms with Crippen molar-refractivity contribution in [3.8, 4) is 0 Å². The molecule has 0 radical (unpaired) electrons. The standard InChI is InChI=1S/C13H23N3S/c1-3-7-11-15-12(17-16-11)14-10-13(2)8-5-4-6-9-13/h3-10H2,1-2H3,(H,14,15,16). The maximum Gasteiger partial charge on any atom is 0.202 e. The van der Waals surface area contributed by atoms with Gasteiger partial charge in [0.25, 0.3) is 0 Å². The van der Waals surface area contributed by atoms with Gasteiger partial charge in [-0.15, -0.1) is 0 Å². The predicted molar refractivity (Wildman–Crippen MR) is 73.6 cm³/mol. The first-order valence-corrected chi connectivity index (χ1v) is 7.56. The van der Waals surface area contributed by atoms with Crippen molar-refractivity contribution in [2.45, 2.75) is 58.8 Å². The topological polar surface area (TPSA) is 37.8 Å². The summed E-state index contributed by atoms with van der Waals surface area (Å²) >= 11 is 1.50. The Kier molecular flexibility index (Phi) is 4.37. The van der Waals surface area contributed by atoms with Crippen LogP contribution in [0.2, 0.25) is 0 Å². The van der Waals surface area contributed by atoms with E-state index >= 15 is 0 Å². The Morgan fingerprint density at radius 1 is 1.29 bits per heavy atom. The number of aryl methyl sites for hydroxylation is 1. The zero-order chi connectivity index (χ0) is 12.1. The second-order valence-electron chi connectivity index (χ2n) is 5.49. The van der Waals surface area contributed by atoms with E-state index in [4.69, 9.17) is 0 Å². The van der Waals surface area contributed by atoms with Gasteiger partial charge in [0.05, 0.1) is 0 Å². The maximum absolute atomic E-state index is 4.51. The summed E-state index contributed by atoms with van der Waals surface area (Å²) in [6.07, 6.45) is 8.99. The molecule has 0 spiro atoms. The van der Waals surface area contributed by atoms with Crippen LogP contribution in [0.4, 0.5) is 5.13 Å². The fraction of sp³-hybridized carbons (Fsp3) is 0.846. The van der Waals surface area contributed by atoms with Crippen LogP contribution in [-0.2, 0) is 6.42 Å². The molecule has 1 aliphatic carbocycles. The SMILES string of the molecule is CCCc1nsc(NCC2(C)CCCCC2)n1. The molecule has 0 aliphatic heterocycles. The van der Waals surface area contributed by atoms with E-state index in [0.29, 0.717) is 5.41 Å². The van der Waals surface area contributed by atoms with E-state index in [1.165, 1.54) is 43.6 Å². The lowest BCUT2D eigenvalue weighted by atomic mass is 9.76. The zero-order valence-corrected chi connectivity index (χ0v) is 11.8. The molecule has 2 rings (SSSR count). The van der Waals surface area contributed by atoms with Crippen molar-refractivity contribution >= 4 is 16.7 Å². The molecule has 1 aliphatic rings. The van der Waals surface area contributed by atoms with E-state index in [0.717, 1.165) is 30.3 Å². The molecule has 1 fully saturated rings. The molecule has 17 heavy (non-hydrogen) atoms. The van der Waals surface area contributed by atoms with Crippen LogP contribution in [0.15, 0.2) is 0 Å². The molecule has 0 saturated heterocycles. The smallest absolute Gasteiger partial charge is 0.202 e. The molecule has 0 aromatic carbocycles. The molecule has 1 saturated carbocycles. The Balaban J connectivity index is 1.83. The first kappa shape index (κ1) is 12.8. The van der Waals surface area contributed by atoms with Crippen molar-refractivity contribution in [3.63, 3.8) is 0 Å². The number of hydrogen-bond donors (Lipinski definition) is 1. The molecular formula is C13H23N3S. The summed E-state index contributed by atoms with van der Waals surface area (Å²) in [6.45, 7) is 5.61. The van der Waals surface area contributed by atoms with Crippen LogP contribution in [0.1, 0.15) is 58.2 Å². The minimum Gasteiger partial charge on any atom is -0.360 e. The molecule has 1 aromatic heterocycles. The summed E-state index contributed by atoms with van der Waals surface area (Å²) in [4.78, 5) is 4.51. The van der Waals surface area contributed by atoms with E-state index in [9.17, 15) is 0 Å². The lowest BCUT2D eigenvalue weighted by molar-refractivity contribution is 0.233. The van der Waals surface area contributed by atoms with Crippen LogP contribution in [0.5, 0.6) is 0 Å². The highest BCUT2D eigenvalue weighted by Gasteiger charge is 2.26. The summed E-state index contributed by atoms with van der Waals surface area (Å²) in [7, 11) is 0. The highest BCUT2D eigenvalue weighted by molar-refractivity contribution is 7.09. The number of rotatable bonds is 5. The molecule has 1 N–H and O–H groups in total. The quantitative estimate of drug-likeness (QED) is 0.865. The van der Waals surface area contributed by atoms with Gasteiger partial charge in [-0.1, -0.05) is 33.1 Å². The predicted octanol–water partition coefficient (Wildman–Crippen LogP) is 3.87. The number of hydrogen-bond acceptors (Lipinski definition) is 4. The van der Waals surface area contributed by atoms with Crippen LogP contribution >= 0.6 is 11.5 Å². The minimum atomic E-state index is 0.467. The van der Waals surface area contributed by atoms with Gasteiger partial charge in [0.2, 0.25) is 5.13 Å². The van der Waals surface area contributed by atoms with Crippen molar-refractivity contribution in [1.29, 1.82) is 0 Å². The second-order valence-corrected chi connectivity index (χ2v) is 6.24. The lowest BCUT2D eigenvalue weighted by Gasteiger charge is -2.33. The van der Waals surface area contributed by atoms with Gasteiger partial charge >= 0.3 is 0 Å².